The lowest BCUT2D eigenvalue weighted by Gasteiger charge is -2.15. The number of nitrogens with one attached hydrogen (secondary N) is 1. The van der Waals surface area contributed by atoms with Gasteiger partial charge in [-0.15, -0.1) is 6.58 Å². The van der Waals surface area contributed by atoms with Crippen LogP contribution < -0.4 is 5.32 Å². The quantitative estimate of drug-likeness (QED) is 0.146. The topological polar surface area (TPSA) is 49.1 Å². The van der Waals surface area contributed by atoms with Crippen LogP contribution in [0.15, 0.2) is 56.6 Å². The van der Waals surface area contributed by atoms with Crippen LogP contribution in [0.3, 0.4) is 0 Å². The van der Waals surface area contributed by atoms with Crippen molar-refractivity contribution in [3.63, 3.8) is 0 Å². The average molecular weight is 475 g/mol. The van der Waals surface area contributed by atoms with E-state index in [2.05, 4.69) is 33.6 Å². The van der Waals surface area contributed by atoms with E-state index in [0.29, 0.717) is 29.5 Å². The van der Waals surface area contributed by atoms with Crippen LogP contribution in [-0.4, -0.2) is 45.8 Å². The third-order valence-corrected chi connectivity index (χ3v) is 5.65. The maximum Gasteiger partial charge on any atom is 0.127 e. The summed E-state index contributed by atoms with van der Waals surface area (Å²) in [5, 5.41) is 3.73. The lowest BCUT2D eigenvalue weighted by atomic mass is 9.93. The SMILES string of the molecule is C=N/C=C(Cl)\C=N/CCC(CCCCc1ccc(C/C=N/CCC(=C)C)c(F)c1)CCNC. The first-order valence-electron chi connectivity index (χ1n) is 11.8. The number of allylic oxidation sites excluding steroid dienone is 1. The normalized spacial score (nSPS) is 13.2. The van der Waals surface area contributed by atoms with Gasteiger partial charge in [-0.25, -0.2) is 4.39 Å². The monoisotopic (exact) mass is 474 g/mol. The summed E-state index contributed by atoms with van der Waals surface area (Å²) < 4.78 is 14.4. The molecule has 0 fully saturated rings. The van der Waals surface area contributed by atoms with Crippen molar-refractivity contribution >= 4 is 30.7 Å². The summed E-state index contributed by atoms with van der Waals surface area (Å²) >= 11 is 5.94. The number of benzene rings is 1. The van der Waals surface area contributed by atoms with Crippen molar-refractivity contribution in [3.05, 3.63) is 58.5 Å². The largest absolute Gasteiger partial charge is 0.320 e. The van der Waals surface area contributed by atoms with E-state index >= 15 is 0 Å². The number of hydrogen-bond donors (Lipinski definition) is 1. The predicted octanol–water partition coefficient (Wildman–Crippen LogP) is 6.59. The molecule has 1 aromatic carbocycles. The highest BCUT2D eigenvalue weighted by Gasteiger charge is 2.09. The molecule has 1 atom stereocenters. The third-order valence-electron chi connectivity index (χ3n) is 5.45. The molecule has 4 nitrogen and oxygen atoms in total. The second-order valence-electron chi connectivity index (χ2n) is 8.45. The van der Waals surface area contributed by atoms with E-state index in [1.54, 1.807) is 18.5 Å². The molecule has 0 aliphatic rings. The minimum atomic E-state index is -0.136. The lowest BCUT2D eigenvalue weighted by Crippen LogP contribution is -2.14. The van der Waals surface area contributed by atoms with Gasteiger partial charge in [-0.2, -0.15) is 0 Å². The smallest absolute Gasteiger partial charge is 0.127 e. The molecule has 182 valence electrons. The van der Waals surface area contributed by atoms with E-state index in [-0.39, 0.29) is 5.82 Å². The average Bonchev–Trinajstić information content (AvgIpc) is 2.78. The molecule has 1 rings (SSSR count). The van der Waals surface area contributed by atoms with Crippen LogP contribution in [0.25, 0.3) is 0 Å². The predicted molar refractivity (Wildman–Crippen MR) is 144 cm³/mol. The Morgan fingerprint density at radius 2 is 2.00 bits per heavy atom. The second kappa shape index (κ2) is 18.3. The summed E-state index contributed by atoms with van der Waals surface area (Å²) in [5.41, 5.74) is 2.87. The number of unbranched alkanes of at least 4 members (excludes halogenated alkanes) is 1. The number of halogens is 2. The first-order valence-corrected chi connectivity index (χ1v) is 12.2. The standard InChI is InChI=1S/C27H40ClFN4/c1-22(2)11-16-32-18-14-25-10-9-24(19-27(25)29)8-6-5-7-23(12-15-30-3)13-17-33-21-26(28)20-31-4/h9-10,18-21,23,30H,1,4-8,11-17H2,2-3H3/b26-20+,32-18+,33-21-. The Hall–Kier alpha value is -2.11. The van der Waals surface area contributed by atoms with E-state index in [1.165, 1.54) is 6.20 Å². The van der Waals surface area contributed by atoms with Gasteiger partial charge in [0.1, 0.15) is 5.82 Å². The molecule has 6 heteroatoms. The molecule has 0 aromatic heterocycles. The highest BCUT2D eigenvalue weighted by Crippen LogP contribution is 2.19. The van der Waals surface area contributed by atoms with Crippen LogP contribution in [0.4, 0.5) is 4.39 Å². The van der Waals surface area contributed by atoms with Gasteiger partial charge in [0.25, 0.3) is 0 Å². The van der Waals surface area contributed by atoms with Crippen LogP contribution in [0.1, 0.15) is 56.6 Å². The van der Waals surface area contributed by atoms with E-state index in [0.717, 1.165) is 69.2 Å². The van der Waals surface area contributed by atoms with Crippen LogP contribution in [0, 0.1) is 11.7 Å². The minimum absolute atomic E-state index is 0.136. The Balaban J connectivity index is 2.41. The van der Waals surface area contributed by atoms with E-state index < -0.39 is 0 Å². The molecule has 0 saturated heterocycles. The van der Waals surface area contributed by atoms with Gasteiger partial charge in [-0.1, -0.05) is 42.1 Å². The molecule has 0 bridgehead atoms. The highest BCUT2D eigenvalue weighted by atomic mass is 35.5. The van der Waals surface area contributed by atoms with Crippen LogP contribution in [0.2, 0.25) is 0 Å². The molecule has 0 amide bonds. The summed E-state index contributed by atoms with van der Waals surface area (Å²) in [4.78, 5) is 12.3. The summed E-state index contributed by atoms with van der Waals surface area (Å²) in [5.74, 6) is 0.473. The van der Waals surface area contributed by atoms with E-state index in [9.17, 15) is 4.39 Å². The van der Waals surface area contributed by atoms with Crippen molar-refractivity contribution in [1.82, 2.24) is 5.32 Å². The number of hydrogen-bond acceptors (Lipinski definition) is 4. The molecule has 0 aliphatic heterocycles. The number of nitrogens with zero attached hydrogens (tertiary/aromatic N) is 3. The lowest BCUT2D eigenvalue weighted by molar-refractivity contribution is 0.403. The summed E-state index contributed by atoms with van der Waals surface area (Å²) in [6.07, 6.45) is 12.7. The number of aryl methyl sites for hydroxylation is 1. The van der Waals surface area contributed by atoms with E-state index in [1.807, 2.05) is 26.1 Å². The number of rotatable bonds is 18. The zero-order valence-corrected chi connectivity index (χ0v) is 21.1. The molecule has 0 spiro atoms. The molecule has 1 N–H and O–H groups in total. The van der Waals surface area contributed by atoms with Gasteiger partial charge in [0.2, 0.25) is 0 Å². The maximum absolute atomic E-state index is 14.4. The van der Waals surface area contributed by atoms with Crippen molar-refractivity contribution < 1.29 is 4.39 Å². The van der Waals surface area contributed by atoms with Crippen molar-refractivity contribution in [1.29, 1.82) is 0 Å². The molecular weight excluding hydrogens is 435 g/mol. The highest BCUT2D eigenvalue weighted by molar-refractivity contribution is 6.39. The Morgan fingerprint density at radius 3 is 2.70 bits per heavy atom. The van der Waals surface area contributed by atoms with Crippen molar-refractivity contribution in [2.75, 3.05) is 26.7 Å². The minimum Gasteiger partial charge on any atom is -0.320 e. The van der Waals surface area contributed by atoms with Crippen LogP contribution >= 0.6 is 11.6 Å². The number of aliphatic imine (C=N–C) groups is 3. The van der Waals surface area contributed by atoms with Gasteiger partial charge in [0, 0.05) is 38.1 Å². The molecule has 1 unspecified atom stereocenters. The fraction of sp³-hybridized carbons (Fsp3) is 0.519. The van der Waals surface area contributed by atoms with Gasteiger partial charge in [-0.05, 0) is 82.4 Å². The van der Waals surface area contributed by atoms with Gasteiger partial charge in [0.05, 0.1) is 5.03 Å². The maximum atomic E-state index is 14.4. The molecule has 0 aliphatic carbocycles. The molecular formula is C27H40ClFN4. The van der Waals surface area contributed by atoms with Gasteiger partial charge in [-0.3, -0.25) is 15.0 Å². The third kappa shape index (κ3) is 14.6. The van der Waals surface area contributed by atoms with Crippen molar-refractivity contribution in [3.8, 4) is 0 Å². The van der Waals surface area contributed by atoms with Gasteiger partial charge in [0.15, 0.2) is 0 Å². The molecule has 0 radical (unpaired) electrons. The van der Waals surface area contributed by atoms with Crippen molar-refractivity contribution in [2.45, 2.75) is 58.3 Å². The zero-order valence-electron chi connectivity index (χ0n) is 20.3. The Morgan fingerprint density at radius 1 is 1.18 bits per heavy atom. The Kier molecular flexibility index (Phi) is 16.1. The first kappa shape index (κ1) is 28.9. The summed E-state index contributed by atoms with van der Waals surface area (Å²) in [7, 11) is 1.98. The first-order chi connectivity index (χ1) is 16.0. The van der Waals surface area contributed by atoms with E-state index in [4.69, 9.17) is 11.6 Å². The molecule has 0 saturated carbocycles. The summed E-state index contributed by atoms with van der Waals surface area (Å²) in [6.45, 7) is 11.7. The molecule has 1 aromatic rings. The molecule has 33 heavy (non-hydrogen) atoms. The molecule has 0 heterocycles. The van der Waals surface area contributed by atoms with Crippen molar-refractivity contribution in [2.24, 2.45) is 20.9 Å². The fourth-order valence-electron chi connectivity index (χ4n) is 3.49. The second-order valence-corrected chi connectivity index (χ2v) is 8.89. The Bertz CT molecular complexity index is 801. The summed E-state index contributed by atoms with van der Waals surface area (Å²) in [6, 6.07) is 5.62. The Labute approximate surface area is 204 Å². The van der Waals surface area contributed by atoms with Gasteiger partial charge >= 0.3 is 0 Å². The van der Waals surface area contributed by atoms with Gasteiger partial charge < -0.3 is 5.32 Å². The van der Waals surface area contributed by atoms with Crippen LogP contribution in [0.5, 0.6) is 0 Å². The zero-order chi connectivity index (χ0) is 24.3. The fourth-order valence-corrected chi connectivity index (χ4v) is 3.63. The van der Waals surface area contributed by atoms with Crippen LogP contribution in [-0.2, 0) is 12.8 Å².